The molecule has 0 saturated heterocycles. The molecule has 2 rings (SSSR count). The van der Waals surface area contributed by atoms with Crippen LogP contribution in [0.15, 0.2) is 29.4 Å². The van der Waals surface area contributed by atoms with Gasteiger partial charge in [-0.05, 0) is 24.2 Å². The highest BCUT2D eigenvalue weighted by molar-refractivity contribution is 7.14. The molecule has 1 aromatic heterocycles. The third-order valence-electron chi connectivity index (χ3n) is 1.76. The lowest BCUT2D eigenvalue weighted by molar-refractivity contribution is 1.05. The fraction of sp³-hybridized carbons (Fsp3) is 0.111. The molecule has 0 bridgehead atoms. The van der Waals surface area contributed by atoms with Crippen LogP contribution in [0.25, 0.3) is 10.6 Å². The predicted molar refractivity (Wildman–Crippen MR) is 55.5 cm³/mol. The van der Waals surface area contributed by atoms with E-state index < -0.39 is 0 Å². The second-order valence-electron chi connectivity index (χ2n) is 2.73. The van der Waals surface area contributed by atoms with Gasteiger partial charge in [-0.3, -0.25) is 0 Å². The Morgan fingerprint density at radius 2 is 2.07 bits per heavy atom. The second-order valence-corrected chi connectivity index (χ2v) is 3.92. The van der Waals surface area contributed by atoms with Crippen LogP contribution >= 0.6 is 11.3 Å². The lowest BCUT2D eigenvalue weighted by Gasteiger charge is -1.96. The van der Waals surface area contributed by atoms with E-state index in [2.05, 4.69) is 15.4 Å². The largest absolute Gasteiger partial charge is 0.150 e. The number of hydrogen-bond donors (Lipinski definition) is 0. The van der Waals surface area contributed by atoms with Crippen molar-refractivity contribution in [3.8, 4) is 10.6 Å². The standard InChI is InChI=1S/C9H7N3OS/c1-6-10-11-9(14-6)7-4-2-3-5-8(7)12-13/h2-5H,1H3. The average molecular weight is 205 g/mol. The van der Waals surface area contributed by atoms with Crippen LogP contribution in [0.2, 0.25) is 0 Å². The molecule has 70 valence electrons. The molecule has 0 amide bonds. The number of nitrogens with zero attached hydrogens (tertiary/aromatic N) is 3. The summed E-state index contributed by atoms with van der Waals surface area (Å²) >= 11 is 1.45. The van der Waals surface area contributed by atoms with E-state index in [0.29, 0.717) is 5.69 Å². The maximum absolute atomic E-state index is 10.5. The van der Waals surface area contributed by atoms with E-state index in [4.69, 9.17) is 0 Å². The smallest absolute Gasteiger partial charge is 0.145 e. The zero-order valence-electron chi connectivity index (χ0n) is 7.47. The highest BCUT2D eigenvalue weighted by Gasteiger charge is 2.08. The van der Waals surface area contributed by atoms with Gasteiger partial charge in [0.25, 0.3) is 0 Å². The normalized spacial score (nSPS) is 10.1. The Balaban J connectivity index is 2.55. The zero-order valence-corrected chi connectivity index (χ0v) is 8.28. The summed E-state index contributed by atoms with van der Waals surface area (Å²) < 4.78 is 0. The van der Waals surface area contributed by atoms with Crippen LogP contribution in [0.1, 0.15) is 5.01 Å². The van der Waals surface area contributed by atoms with Crippen LogP contribution in [0.3, 0.4) is 0 Å². The van der Waals surface area contributed by atoms with Gasteiger partial charge in [-0.15, -0.1) is 15.1 Å². The van der Waals surface area contributed by atoms with E-state index in [0.717, 1.165) is 15.6 Å². The van der Waals surface area contributed by atoms with Crippen LogP contribution in [0.4, 0.5) is 5.69 Å². The fourth-order valence-corrected chi connectivity index (χ4v) is 1.87. The molecule has 0 spiro atoms. The summed E-state index contributed by atoms with van der Waals surface area (Å²) in [5, 5.41) is 12.4. The van der Waals surface area contributed by atoms with Gasteiger partial charge in [0.15, 0.2) is 0 Å². The van der Waals surface area contributed by atoms with Gasteiger partial charge in [-0.25, -0.2) is 0 Å². The first-order valence-electron chi connectivity index (χ1n) is 4.04. The van der Waals surface area contributed by atoms with Crippen molar-refractivity contribution in [3.63, 3.8) is 0 Å². The predicted octanol–water partition coefficient (Wildman–Crippen LogP) is 2.91. The van der Waals surface area contributed by atoms with Gasteiger partial charge in [0.2, 0.25) is 0 Å². The Hall–Kier alpha value is -1.62. The van der Waals surface area contributed by atoms with Crippen molar-refractivity contribution < 1.29 is 0 Å². The number of aromatic nitrogens is 2. The number of hydrogen-bond acceptors (Lipinski definition) is 5. The van der Waals surface area contributed by atoms with Crippen LogP contribution in [0.5, 0.6) is 0 Å². The van der Waals surface area contributed by atoms with Crippen molar-refractivity contribution in [1.29, 1.82) is 0 Å². The van der Waals surface area contributed by atoms with E-state index in [9.17, 15) is 4.91 Å². The summed E-state index contributed by atoms with van der Waals surface area (Å²) in [6.07, 6.45) is 0. The molecule has 0 unspecified atom stereocenters. The van der Waals surface area contributed by atoms with Crippen molar-refractivity contribution in [1.82, 2.24) is 10.2 Å². The van der Waals surface area contributed by atoms with Crippen molar-refractivity contribution in [3.05, 3.63) is 34.2 Å². The molecule has 0 saturated carbocycles. The molecule has 1 aromatic carbocycles. The third-order valence-corrected chi connectivity index (χ3v) is 2.63. The summed E-state index contributed by atoms with van der Waals surface area (Å²) in [4.78, 5) is 10.5. The fourth-order valence-electron chi connectivity index (χ4n) is 1.14. The minimum Gasteiger partial charge on any atom is -0.145 e. The molecule has 14 heavy (non-hydrogen) atoms. The lowest BCUT2D eigenvalue weighted by atomic mass is 10.2. The van der Waals surface area contributed by atoms with Crippen molar-refractivity contribution >= 4 is 17.0 Å². The topological polar surface area (TPSA) is 55.2 Å². The van der Waals surface area contributed by atoms with Gasteiger partial charge >= 0.3 is 0 Å². The van der Waals surface area contributed by atoms with E-state index in [1.807, 2.05) is 19.1 Å². The van der Waals surface area contributed by atoms with Crippen LogP contribution in [-0.4, -0.2) is 10.2 Å². The minimum atomic E-state index is 0.406. The van der Waals surface area contributed by atoms with E-state index >= 15 is 0 Å². The van der Waals surface area contributed by atoms with E-state index in [-0.39, 0.29) is 0 Å². The van der Waals surface area contributed by atoms with Crippen LogP contribution in [-0.2, 0) is 0 Å². The third kappa shape index (κ3) is 1.54. The Morgan fingerprint density at radius 1 is 1.29 bits per heavy atom. The van der Waals surface area contributed by atoms with Gasteiger partial charge < -0.3 is 0 Å². The molecule has 1 heterocycles. The average Bonchev–Trinajstić information content (AvgIpc) is 2.65. The number of rotatable bonds is 2. The maximum atomic E-state index is 10.5. The van der Waals surface area contributed by atoms with Crippen LogP contribution in [0, 0.1) is 11.8 Å². The first-order chi connectivity index (χ1) is 6.81. The Kier molecular flexibility index (Phi) is 2.32. The highest BCUT2D eigenvalue weighted by Crippen LogP contribution is 2.31. The minimum absolute atomic E-state index is 0.406. The lowest BCUT2D eigenvalue weighted by Crippen LogP contribution is -1.77. The summed E-state index contributed by atoms with van der Waals surface area (Å²) in [5.41, 5.74) is 1.15. The molecule has 4 nitrogen and oxygen atoms in total. The maximum Gasteiger partial charge on any atom is 0.150 e. The summed E-state index contributed by atoms with van der Waals surface area (Å²) in [7, 11) is 0. The second kappa shape index (κ2) is 3.63. The van der Waals surface area contributed by atoms with Crippen molar-refractivity contribution in [2.45, 2.75) is 6.92 Å². The van der Waals surface area contributed by atoms with E-state index in [1.165, 1.54) is 11.3 Å². The molecule has 0 aliphatic heterocycles. The van der Waals surface area contributed by atoms with Gasteiger partial charge in [-0.2, -0.15) is 0 Å². The molecule has 0 N–H and O–H groups in total. The Morgan fingerprint density at radius 3 is 2.71 bits per heavy atom. The first-order valence-corrected chi connectivity index (χ1v) is 4.86. The van der Waals surface area contributed by atoms with Gasteiger partial charge in [-0.1, -0.05) is 23.5 Å². The number of benzene rings is 1. The van der Waals surface area contributed by atoms with Gasteiger partial charge in [0.1, 0.15) is 15.7 Å². The molecule has 0 radical (unpaired) electrons. The Labute approximate surface area is 84.6 Å². The summed E-state index contributed by atoms with van der Waals surface area (Å²) in [5.74, 6) is 0. The van der Waals surface area contributed by atoms with Crippen LogP contribution < -0.4 is 0 Å². The summed E-state index contributed by atoms with van der Waals surface area (Å²) in [6, 6.07) is 7.10. The molecule has 0 atom stereocenters. The molecule has 0 aliphatic carbocycles. The molecule has 0 aliphatic rings. The molecule has 5 heteroatoms. The van der Waals surface area contributed by atoms with E-state index in [1.54, 1.807) is 12.1 Å². The first kappa shape index (κ1) is 8.96. The molecular formula is C9H7N3OS. The number of nitroso groups, excluding NO2 is 1. The number of aryl methyl sites for hydroxylation is 1. The zero-order chi connectivity index (χ0) is 9.97. The highest BCUT2D eigenvalue weighted by atomic mass is 32.1. The van der Waals surface area contributed by atoms with Crippen molar-refractivity contribution in [2.24, 2.45) is 5.18 Å². The molecule has 2 aromatic rings. The van der Waals surface area contributed by atoms with Crippen molar-refractivity contribution in [2.75, 3.05) is 0 Å². The quantitative estimate of drug-likeness (QED) is 0.708. The summed E-state index contributed by atoms with van der Waals surface area (Å²) in [6.45, 7) is 1.87. The Bertz CT molecular complexity index is 467. The SMILES string of the molecule is Cc1nnc(-c2ccccc2N=O)s1. The van der Waals surface area contributed by atoms with Gasteiger partial charge in [0.05, 0.1) is 0 Å². The molecule has 0 fully saturated rings. The monoisotopic (exact) mass is 205 g/mol. The molecular weight excluding hydrogens is 198 g/mol. The van der Waals surface area contributed by atoms with Gasteiger partial charge in [0, 0.05) is 5.56 Å².